The average Bonchev–Trinajstić information content (AvgIpc) is 3.04. The van der Waals surface area contributed by atoms with Gasteiger partial charge in [-0.25, -0.2) is 14.8 Å². The lowest BCUT2D eigenvalue weighted by Crippen LogP contribution is -2.41. The molecule has 0 unspecified atom stereocenters. The number of carbonyl (C=O) groups is 1. The molecule has 0 saturated carbocycles. The summed E-state index contributed by atoms with van der Waals surface area (Å²) in [6.07, 6.45) is 4.59. The fourth-order valence-electron chi connectivity index (χ4n) is 4.45. The molecule has 0 atom stereocenters. The number of piperidine rings is 1. The number of benzene rings is 1. The van der Waals surface area contributed by atoms with Crippen molar-refractivity contribution in [2.75, 3.05) is 18.4 Å². The van der Waals surface area contributed by atoms with Gasteiger partial charge in [-0.1, -0.05) is 19.9 Å². The Labute approximate surface area is 178 Å². The molecule has 1 saturated heterocycles. The highest BCUT2D eigenvalue weighted by Gasteiger charge is 2.27. The van der Waals surface area contributed by atoms with Crippen LogP contribution in [0.3, 0.4) is 0 Å². The highest BCUT2D eigenvalue weighted by molar-refractivity contribution is 5.89. The van der Waals surface area contributed by atoms with Gasteiger partial charge in [0.2, 0.25) is 0 Å². The van der Waals surface area contributed by atoms with E-state index >= 15 is 0 Å². The molecule has 1 aliphatic heterocycles. The van der Waals surface area contributed by atoms with Crippen LogP contribution in [0.25, 0.3) is 11.2 Å². The molecule has 158 valence electrons. The van der Waals surface area contributed by atoms with Crippen molar-refractivity contribution in [3.05, 3.63) is 53.5 Å². The van der Waals surface area contributed by atoms with E-state index in [-0.39, 0.29) is 6.03 Å². The molecule has 0 radical (unpaired) electrons. The first-order chi connectivity index (χ1) is 14.4. The smallest absolute Gasteiger partial charge is 0.321 e. The topological polar surface area (TPSA) is 63.1 Å². The van der Waals surface area contributed by atoms with Crippen LogP contribution in [-0.4, -0.2) is 38.6 Å². The van der Waals surface area contributed by atoms with Crippen molar-refractivity contribution in [3.63, 3.8) is 0 Å². The third kappa shape index (κ3) is 4.32. The molecule has 3 aromatic rings. The van der Waals surface area contributed by atoms with E-state index in [4.69, 9.17) is 4.98 Å². The maximum absolute atomic E-state index is 12.8. The fourth-order valence-corrected chi connectivity index (χ4v) is 4.45. The number of imidazole rings is 1. The summed E-state index contributed by atoms with van der Waals surface area (Å²) in [5.41, 5.74) is 5.10. The van der Waals surface area contributed by atoms with Gasteiger partial charge in [0.25, 0.3) is 0 Å². The Balaban J connectivity index is 1.47. The first-order valence-electron chi connectivity index (χ1n) is 10.9. The number of rotatable bonds is 4. The number of pyridine rings is 1. The first-order valence-corrected chi connectivity index (χ1v) is 10.9. The molecule has 0 aliphatic carbocycles. The first kappa shape index (κ1) is 20.4. The van der Waals surface area contributed by atoms with Gasteiger partial charge in [0, 0.05) is 37.4 Å². The maximum atomic E-state index is 12.8. The highest BCUT2D eigenvalue weighted by atomic mass is 16.2. The van der Waals surface area contributed by atoms with Crippen molar-refractivity contribution in [1.29, 1.82) is 0 Å². The summed E-state index contributed by atoms with van der Waals surface area (Å²) in [5.74, 6) is 1.64. The molecular weight excluding hydrogens is 374 g/mol. The van der Waals surface area contributed by atoms with E-state index in [1.165, 1.54) is 0 Å². The summed E-state index contributed by atoms with van der Waals surface area (Å²) in [7, 11) is 0. The second-order valence-electron chi connectivity index (χ2n) is 8.87. The van der Waals surface area contributed by atoms with E-state index in [1.807, 2.05) is 49.2 Å². The van der Waals surface area contributed by atoms with Gasteiger partial charge in [-0.05, 0) is 68.0 Å². The number of nitrogens with zero attached hydrogens (tertiary/aromatic N) is 4. The quantitative estimate of drug-likeness (QED) is 0.656. The van der Waals surface area contributed by atoms with E-state index in [0.717, 1.165) is 66.2 Å². The van der Waals surface area contributed by atoms with Crippen LogP contribution in [0.15, 0.2) is 36.5 Å². The summed E-state index contributed by atoms with van der Waals surface area (Å²) in [4.78, 5) is 24.2. The predicted molar refractivity (Wildman–Crippen MR) is 121 cm³/mol. The number of hydrogen-bond donors (Lipinski definition) is 1. The molecule has 1 fully saturated rings. The van der Waals surface area contributed by atoms with Crippen molar-refractivity contribution in [2.45, 2.75) is 53.0 Å². The van der Waals surface area contributed by atoms with E-state index in [9.17, 15) is 4.79 Å². The number of aryl methyl sites for hydroxylation is 2. The third-order valence-electron chi connectivity index (χ3n) is 5.70. The van der Waals surface area contributed by atoms with Crippen molar-refractivity contribution in [2.24, 2.45) is 5.92 Å². The van der Waals surface area contributed by atoms with Gasteiger partial charge in [-0.3, -0.25) is 0 Å². The largest absolute Gasteiger partial charge is 0.324 e. The normalized spacial score (nSPS) is 15.2. The number of hydrogen-bond acceptors (Lipinski definition) is 3. The predicted octanol–water partition coefficient (Wildman–Crippen LogP) is 5.12. The highest BCUT2D eigenvalue weighted by Crippen LogP contribution is 2.29. The number of anilines is 1. The Morgan fingerprint density at radius 3 is 2.53 bits per heavy atom. The lowest BCUT2D eigenvalue weighted by Gasteiger charge is -2.33. The van der Waals surface area contributed by atoms with Crippen LogP contribution in [0.5, 0.6) is 0 Å². The van der Waals surface area contributed by atoms with Gasteiger partial charge in [0.1, 0.15) is 11.3 Å². The molecule has 1 N–H and O–H groups in total. The minimum Gasteiger partial charge on any atom is -0.324 e. The molecule has 3 heterocycles. The summed E-state index contributed by atoms with van der Waals surface area (Å²) in [6, 6.07) is 10.4. The standard InChI is InChI=1S/C24H31N5O/c1-16(2)12-22-27-21-6-5-9-25-23(21)29(22)20-7-10-28(11-8-20)24(30)26-19-14-17(3)13-18(4)15-19/h5-6,9,13-16,20H,7-8,10-12H2,1-4H3,(H,26,30). The molecule has 2 aromatic heterocycles. The van der Waals surface area contributed by atoms with Crippen LogP contribution < -0.4 is 5.32 Å². The molecule has 1 aliphatic rings. The lowest BCUT2D eigenvalue weighted by molar-refractivity contribution is 0.183. The number of aromatic nitrogens is 3. The summed E-state index contributed by atoms with van der Waals surface area (Å²) >= 11 is 0. The minimum atomic E-state index is -0.0190. The molecule has 0 bridgehead atoms. The Hall–Kier alpha value is -2.89. The second-order valence-corrected chi connectivity index (χ2v) is 8.87. The Morgan fingerprint density at radius 1 is 1.17 bits per heavy atom. The molecular formula is C24H31N5O. The number of carbonyl (C=O) groups excluding carboxylic acids is 1. The zero-order valence-corrected chi connectivity index (χ0v) is 18.4. The van der Waals surface area contributed by atoms with Crippen molar-refractivity contribution in [1.82, 2.24) is 19.4 Å². The van der Waals surface area contributed by atoms with Gasteiger partial charge in [-0.2, -0.15) is 0 Å². The molecule has 6 heteroatoms. The number of likely N-dealkylation sites (tertiary alicyclic amines) is 1. The van der Waals surface area contributed by atoms with Gasteiger partial charge >= 0.3 is 6.03 Å². The Bertz CT molecular complexity index is 1030. The zero-order chi connectivity index (χ0) is 21.3. The van der Waals surface area contributed by atoms with Gasteiger partial charge < -0.3 is 14.8 Å². The summed E-state index contributed by atoms with van der Waals surface area (Å²) in [5, 5.41) is 3.07. The zero-order valence-electron chi connectivity index (χ0n) is 18.4. The molecule has 2 amide bonds. The summed E-state index contributed by atoms with van der Waals surface area (Å²) < 4.78 is 2.33. The minimum absolute atomic E-state index is 0.0190. The monoisotopic (exact) mass is 405 g/mol. The average molecular weight is 406 g/mol. The molecule has 1 aromatic carbocycles. The van der Waals surface area contributed by atoms with Crippen LogP contribution >= 0.6 is 0 Å². The van der Waals surface area contributed by atoms with Gasteiger partial charge in [0.05, 0.1) is 0 Å². The molecule has 4 rings (SSSR count). The van der Waals surface area contributed by atoms with E-state index in [0.29, 0.717) is 12.0 Å². The fraction of sp³-hybridized carbons (Fsp3) is 0.458. The van der Waals surface area contributed by atoms with Crippen molar-refractivity contribution < 1.29 is 4.79 Å². The van der Waals surface area contributed by atoms with E-state index in [2.05, 4.69) is 34.8 Å². The molecule has 30 heavy (non-hydrogen) atoms. The molecule has 6 nitrogen and oxygen atoms in total. The number of amides is 2. The van der Waals surface area contributed by atoms with Crippen LogP contribution in [0.2, 0.25) is 0 Å². The SMILES string of the molecule is Cc1cc(C)cc(NC(=O)N2CCC(n3c(CC(C)C)nc4cccnc43)CC2)c1. The van der Waals surface area contributed by atoms with E-state index in [1.54, 1.807) is 0 Å². The second kappa shape index (κ2) is 8.46. The Kier molecular flexibility index (Phi) is 5.75. The number of nitrogens with one attached hydrogen (secondary N) is 1. The van der Waals surface area contributed by atoms with Crippen LogP contribution in [-0.2, 0) is 6.42 Å². The molecule has 0 spiro atoms. The van der Waals surface area contributed by atoms with Crippen LogP contribution in [0.1, 0.15) is 49.7 Å². The van der Waals surface area contributed by atoms with Gasteiger partial charge in [0.15, 0.2) is 5.65 Å². The van der Waals surface area contributed by atoms with Crippen LogP contribution in [0.4, 0.5) is 10.5 Å². The number of fused-ring (bicyclic) bond motifs is 1. The van der Waals surface area contributed by atoms with Crippen molar-refractivity contribution in [3.8, 4) is 0 Å². The van der Waals surface area contributed by atoms with Crippen molar-refractivity contribution >= 4 is 22.9 Å². The van der Waals surface area contributed by atoms with Crippen LogP contribution in [0, 0.1) is 19.8 Å². The van der Waals surface area contributed by atoms with E-state index < -0.39 is 0 Å². The Morgan fingerprint density at radius 2 is 1.87 bits per heavy atom. The summed E-state index contributed by atoms with van der Waals surface area (Å²) in [6.45, 7) is 10.00. The maximum Gasteiger partial charge on any atom is 0.321 e. The number of urea groups is 1. The third-order valence-corrected chi connectivity index (χ3v) is 5.70. The van der Waals surface area contributed by atoms with Gasteiger partial charge in [-0.15, -0.1) is 0 Å². The lowest BCUT2D eigenvalue weighted by atomic mass is 10.0.